The number of fused-ring (bicyclic) bond motifs is 1. The van der Waals surface area contributed by atoms with Crippen molar-refractivity contribution in [2.24, 2.45) is 0 Å². The number of benzene rings is 2. The van der Waals surface area contributed by atoms with Crippen molar-refractivity contribution in [3.8, 4) is 11.1 Å². The monoisotopic (exact) mass is 484 g/mol. The zero-order valence-corrected chi connectivity index (χ0v) is 20.2. The first-order chi connectivity index (χ1) is 16.3. The van der Waals surface area contributed by atoms with Gasteiger partial charge in [0.1, 0.15) is 11.6 Å². The fourth-order valence-electron chi connectivity index (χ4n) is 4.77. The summed E-state index contributed by atoms with van der Waals surface area (Å²) in [4.78, 5) is 11.7. The molecule has 0 bridgehead atoms. The molecule has 3 N–H and O–H groups in total. The summed E-state index contributed by atoms with van der Waals surface area (Å²) in [6, 6.07) is 9.29. The molecule has 1 amide bonds. The van der Waals surface area contributed by atoms with Gasteiger partial charge in [-0.3, -0.25) is 4.79 Å². The number of aryl methyl sites for hydroxylation is 2. The molecule has 0 fully saturated rings. The van der Waals surface area contributed by atoms with Crippen molar-refractivity contribution in [1.82, 2.24) is 10.6 Å². The Kier molecular flexibility index (Phi) is 7.76. The van der Waals surface area contributed by atoms with Crippen LogP contribution in [0.15, 0.2) is 47.2 Å². The molecular weight excluding hydrogens is 454 g/mol. The van der Waals surface area contributed by atoms with Gasteiger partial charge in [0.05, 0.1) is 12.1 Å². The molecule has 3 atom stereocenters. The van der Waals surface area contributed by atoms with Crippen molar-refractivity contribution in [3.05, 3.63) is 81.0 Å². The van der Waals surface area contributed by atoms with Gasteiger partial charge in [0.15, 0.2) is 0 Å². The number of rotatable bonds is 8. The van der Waals surface area contributed by atoms with Gasteiger partial charge in [0, 0.05) is 25.6 Å². The van der Waals surface area contributed by atoms with Gasteiger partial charge in [0.25, 0.3) is 0 Å². The molecule has 3 aromatic rings. The van der Waals surface area contributed by atoms with E-state index in [9.17, 15) is 18.7 Å². The van der Waals surface area contributed by atoms with Gasteiger partial charge in [-0.05, 0) is 94.9 Å². The van der Waals surface area contributed by atoms with Gasteiger partial charge < -0.3 is 15.7 Å². The standard InChI is InChI=1S/C27H30F2N2O2S/c1-16-14-34-15-24(16)20-7-6-19-4-3-5-25(23(19)11-20)30-13-27(33)26(31-17(2)32)10-18-8-21(28)12-22(29)9-18/h6-9,11-12,14-15,25-27,30,33H,3-5,10,13H2,1-2H3,(H,31,32)/t25?,26-,27-/m0/s1. The van der Waals surface area contributed by atoms with Gasteiger partial charge in [-0.2, -0.15) is 11.3 Å². The number of halogens is 2. The predicted octanol–water partition coefficient (Wildman–Crippen LogP) is 5.08. The van der Waals surface area contributed by atoms with E-state index in [4.69, 9.17) is 0 Å². The molecule has 180 valence electrons. The summed E-state index contributed by atoms with van der Waals surface area (Å²) in [6.07, 6.45) is 2.22. The van der Waals surface area contributed by atoms with Crippen LogP contribution in [0.1, 0.15) is 48.1 Å². The maximum absolute atomic E-state index is 13.6. The number of hydrogen-bond acceptors (Lipinski definition) is 4. The van der Waals surface area contributed by atoms with E-state index in [-0.39, 0.29) is 24.9 Å². The average Bonchev–Trinajstić information content (AvgIpc) is 3.21. The van der Waals surface area contributed by atoms with E-state index in [1.165, 1.54) is 46.9 Å². The van der Waals surface area contributed by atoms with Crippen LogP contribution >= 0.6 is 11.3 Å². The Morgan fingerprint density at radius 1 is 1.18 bits per heavy atom. The molecule has 1 unspecified atom stereocenters. The van der Waals surface area contributed by atoms with Gasteiger partial charge >= 0.3 is 0 Å². The third kappa shape index (κ3) is 5.90. The first-order valence-electron chi connectivity index (χ1n) is 11.6. The van der Waals surface area contributed by atoms with Crippen LogP contribution in [0.5, 0.6) is 0 Å². The summed E-state index contributed by atoms with van der Waals surface area (Å²) in [7, 11) is 0. The maximum atomic E-state index is 13.6. The third-order valence-electron chi connectivity index (χ3n) is 6.43. The number of amides is 1. The number of carbonyl (C=O) groups excluding carboxylic acids is 1. The van der Waals surface area contributed by atoms with E-state index in [1.54, 1.807) is 11.3 Å². The molecule has 1 heterocycles. The number of thiophene rings is 1. The first-order valence-corrected chi connectivity index (χ1v) is 12.5. The number of aliphatic hydroxyl groups is 1. The van der Waals surface area contributed by atoms with E-state index in [0.717, 1.165) is 25.3 Å². The summed E-state index contributed by atoms with van der Waals surface area (Å²) in [6.45, 7) is 3.73. The minimum absolute atomic E-state index is 0.0851. The Bertz CT molecular complexity index is 1140. The van der Waals surface area contributed by atoms with E-state index in [0.29, 0.717) is 5.56 Å². The lowest BCUT2D eigenvalue weighted by Gasteiger charge is -2.30. The molecule has 4 nitrogen and oxygen atoms in total. The Labute approximate surface area is 203 Å². The minimum atomic E-state index is -0.928. The Morgan fingerprint density at radius 2 is 1.94 bits per heavy atom. The Morgan fingerprint density at radius 3 is 2.62 bits per heavy atom. The molecule has 2 aromatic carbocycles. The molecule has 0 saturated carbocycles. The molecular formula is C27H30F2N2O2S. The second-order valence-corrected chi connectivity index (χ2v) is 9.83. The smallest absolute Gasteiger partial charge is 0.217 e. The average molecular weight is 485 g/mol. The van der Waals surface area contributed by atoms with Crippen LogP contribution in [0.25, 0.3) is 11.1 Å². The molecule has 1 aliphatic carbocycles. The molecule has 0 radical (unpaired) electrons. The fourth-order valence-corrected chi connectivity index (χ4v) is 5.62. The Balaban J connectivity index is 1.48. The lowest BCUT2D eigenvalue weighted by molar-refractivity contribution is -0.120. The fraction of sp³-hybridized carbons (Fsp3) is 0.370. The van der Waals surface area contributed by atoms with Crippen LogP contribution < -0.4 is 10.6 Å². The number of aliphatic hydroxyl groups excluding tert-OH is 1. The normalized spacial score (nSPS) is 17.1. The van der Waals surface area contributed by atoms with Crippen molar-refractivity contribution >= 4 is 17.2 Å². The van der Waals surface area contributed by atoms with Crippen LogP contribution in [-0.2, 0) is 17.6 Å². The largest absolute Gasteiger partial charge is 0.390 e. The van der Waals surface area contributed by atoms with Crippen LogP contribution in [0.4, 0.5) is 8.78 Å². The van der Waals surface area contributed by atoms with E-state index in [2.05, 4.69) is 46.5 Å². The van der Waals surface area contributed by atoms with Gasteiger partial charge in [0.2, 0.25) is 5.91 Å². The summed E-state index contributed by atoms with van der Waals surface area (Å²) < 4.78 is 27.3. The van der Waals surface area contributed by atoms with Crippen LogP contribution in [0.2, 0.25) is 0 Å². The maximum Gasteiger partial charge on any atom is 0.217 e. The first kappa shape index (κ1) is 24.5. The van der Waals surface area contributed by atoms with Crippen LogP contribution in [-0.4, -0.2) is 29.7 Å². The number of nitrogens with one attached hydrogen (secondary N) is 2. The molecule has 7 heteroatoms. The summed E-state index contributed by atoms with van der Waals surface area (Å²) in [5.74, 6) is -1.67. The predicted molar refractivity (Wildman–Crippen MR) is 132 cm³/mol. The molecule has 1 aromatic heterocycles. The number of carbonyl (C=O) groups is 1. The highest BCUT2D eigenvalue weighted by Crippen LogP contribution is 2.35. The highest BCUT2D eigenvalue weighted by atomic mass is 32.1. The topological polar surface area (TPSA) is 61.4 Å². The molecule has 1 aliphatic rings. The van der Waals surface area contributed by atoms with Crippen LogP contribution in [0, 0.1) is 18.6 Å². The zero-order valence-electron chi connectivity index (χ0n) is 19.4. The quantitative estimate of drug-likeness (QED) is 0.418. The van der Waals surface area contributed by atoms with Gasteiger partial charge in [-0.25, -0.2) is 8.78 Å². The molecule has 0 saturated heterocycles. The Hall–Kier alpha value is -2.61. The zero-order chi connectivity index (χ0) is 24.2. The van der Waals surface area contributed by atoms with Crippen LogP contribution in [0.3, 0.4) is 0 Å². The molecule has 4 rings (SSSR count). The SMILES string of the molecule is CC(=O)N[C@@H](Cc1cc(F)cc(F)c1)[C@@H](O)CNC1CCCc2ccc(-c3cscc3C)cc21. The summed E-state index contributed by atoms with van der Waals surface area (Å²) >= 11 is 1.69. The van der Waals surface area contributed by atoms with Crippen molar-refractivity contribution in [3.63, 3.8) is 0 Å². The number of hydrogen-bond donors (Lipinski definition) is 3. The highest BCUT2D eigenvalue weighted by molar-refractivity contribution is 7.08. The van der Waals surface area contributed by atoms with E-state index < -0.39 is 23.8 Å². The molecule has 34 heavy (non-hydrogen) atoms. The van der Waals surface area contributed by atoms with Crippen molar-refractivity contribution < 1.29 is 18.7 Å². The van der Waals surface area contributed by atoms with E-state index in [1.807, 2.05) is 0 Å². The lowest BCUT2D eigenvalue weighted by Crippen LogP contribution is -2.48. The van der Waals surface area contributed by atoms with Crippen molar-refractivity contribution in [1.29, 1.82) is 0 Å². The third-order valence-corrected chi connectivity index (χ3v) is 7.29. The van der Waals surface area contributed by atoms with Gasteiger partial charge in [-0.1, -0.05) is 12.1 Å². The minimum Gasteiger partial charge on any atom is -0.390 e. The van der Waals surface area contributed by atoms with Crippen molar-refractivity contribution in [2.75, 3.05) is 6.54 Å². The second kappa shape index (κ2) is 10.8. The second-order valence-electron chi connectivity index (χ2n) is 9.09. The summed E-state index contributed by atoms with van der Waals surface area (Å²) in [5, 5.41) is 21.4. The lowest BCUT2D eigenvalue weighted by atomic mass is 9.85. The molecule has 0 aliphatic heterocycles. The van der Waals surface area contributed by atoms with E-state index >= 15 is 0 Å². The highest BCUT2D eigenvalue weighted by Gasteiger charge is 2.25. The molecule has 0 spiro atoms. The van der Waals surface area contributed by atoms with Crippen molar-refractivity contribution in [2.45, 2.75) is 57.7 Å². The van der Waals surface area contributed by atoms with Gasteiger partial charge in [-0.15, -0.1) is 0 Å². The summed E-state index contributed by atoms with van der Waals surface area (Å²) in [5.41, 5.74) is 6.62.